The van der Waals surface area contributed by atoms with E-state index in [1.807, 2.05) is 10.9 Å². The van der Waals surface area contributed by atoms with E-state index in [1.165, 1.54) is 17.0 Å². The second-order valence-corrected chi connectivity index (χ2v) is 8.34. The fourth-order valence-electron chi connectivity index (χ4n) is 3.69. The molecule has 1 aliphatic heterocycles. The Kier molecular flexibility index (Phi) is 5.31. The third-order valence-corrected chi connectivity index (χ3v) is 6.16. The molecule has 3 heterocycles. The highest BCUT2D eigenvalue weighted by molar-refractivity contribution is 6.36. The molecule has 0 spiro atoms. The predicted molar refractivity (Wildman–Crippen MR) is 121 cm³/mol. The molecule has 9 heteroatoms. The second-order valence-electron chi connectivity index (χ2n) is 7.55. The molecule has 1 atom stereocenters. The van der Waals surface area contributed by atoms with Crippen LogP contribution >= 0.6 is 23.2 Å². The van der Waals surface area contributed by atoms with Crippen LogP contribution in [0.1, 0.15) is 41.6 Å². The van der Waals surface area contributed by atoms with Gasteiger partial charge < -0.3 is 15.4 Å². The van der Waals surface area contributed by atoms with Crippen molar-refractivity contribution in [1.82, 2.24) is 19.7 Å². The average molecular weight is 467 g/mol. The van der Waals surface area contributed by atoms with Crippen LogP contribution in [0.25, 0.3) is 11.1 Å². The summed E-state index contributed by atoms with van der Waals surface area (Å²) in [5.41, 5.74) is 7.89. The minimum absolute atomic E-state index is 0.103. The van der Waals surface area contributed by atoms with Gasteiger partial charge in [0.05, 0.1) is 17.3 Å². The number of pyridine rings is 1. The molecule has 0 radical (unpaired) electrons. The van der Waals surface area contributed by atoms with E-state index in [9.17, 15) is 4.39 Å². The number of nitrogens with two attached hydrogens (primary N) is 1. The molecular formula is C22H24Cl2FN5O. The molecule has 6 nitrogen and oxygen atoms in total. The van der Waals surface area contributed by atoms with Crippen molar-refractivity contribution in [3.8, 4) is 16.9 Å². The summed E-state index contributed by atoms with van der Waals surface area (Å²) >= 11 is 12.3. The number of likely N-dealkylation sites (tertiary alicyclic amines) is 1. The number of rotatable bonds is 5. The smallest absolute Gasteiger partial charge is 0.166 e. The number of aromatic nitrogens is 3. The van der Waals surface area contributed by atoms with Crippen LogP contribution in [0.4, 0.5) is 10.2 Å². The molecule has 0 aliphatic carbocycles. The van der Waals surface area contributed by atoms with Crippen molar-refractivity contribution in [2.45, 2.75) is 31.9 Å². The summed E-state index contributed by atoms with van der Waals surface area (Å²) in [6, 6.07) is 4.47. The lowest BCUT2D eigenvalue weighted by molar-refractivity contribution is 0.212. The van der Waals surface area contributed by atoms with Gasteiger partial charge in [0.25, 0.3) is 0 Å². The van der Waals surface area contributed by atoms with Gasteiger partial charge in [-0.2, -0.15) is 5.10 Å². The van der Waals surface area contributed by atoms with E-state index in [2.05, 4.69) is 10.1 Å². The zero-order valence-electron chi connectivity index (χ0n) is 19.9. The number of nitrogens with zero attached hydrogens (tertiary/aromatic N) is 4. The summed E-state index contributed by atoms with van der Waals surface area (Å²) in [7, 11) is 0. The van der Waals surface area contributed by atoms with E-state index in [-0.39, 0.29) is 21.9 Å². The minimum atomic E-state index is -2.07. The molecule has 3 aromatic rings. The minimum Gasteiger partial charge on any atom is -0.482 e. The molecule has 31 heavy (non-hydrogen) atoms. The Balaban J connectivity index is 1.51. The Morgan fingerprint density at radius 1 is 1.26 bits per heavy atom. The zero-order valence-corrected chi connectivity index (χ0v) is 18.4. The van der Waals surface area contributed by atoms with Gasteiger partial charge in [-0.15, -0.1) is 0 Å². The monoisotopic (exact) mass is 466 g/mol. The van der Waals surface area contributed by atoms with Gasteiger partial charge in [-0.1, -0.05) is 23.2 Å². The third kappa shape index (κ3) is 4.63. The van der Waals surface area contributed by atoms with Crippen LogP contribution in [-0.2, 0) is 0 Å². The number of ether oxygens (including phenoxy) is 1. The lowest BCUT2D eigenvalue weighted by Gasteiger charge is -2.28. The van der Waals surface area contributed by atoms with E-state index >= 15 is 0 Å². The number of hydrogen-bond donors (Lipinski definition) is 1. The van der Waals surface area contributed by atoms with Crippen LogP contribution in [0.3, 0.4) is 0 Å². The van der Waals surface area contributed by atoms with Gasteiger partial charge in [0.2, 0.25) is 0 Å². The summed E-state index contributed by atoms with van der Waals surface area (Å²) in [6.45, 7) is 0.605. The number of halogens is 3. The van der Waals surface area contributed by atoms with Crippen molar-refractivity contribution in [2.75, 3.05) is 25.8 Å². The lowest BCUT2D eigenvalue weighted by Crippen LogP contribution is -2.31. The van der Waals surface area contributed by atoms with Crippen LogP contribution in [0.15, 0.2) is 36.8 Å². The maximum absolute atomic E-state index is 13.9. The Bertz CT molecular complexity index is 1180. The largest absolute Gasteiger partial charge is 0.482 e. The first kappa shape index (κ1) is 18.2. The van der Waals surface area contributed by atoms with Gasteiger partial charge >= 0.3 is 0 Å². The fraction of sp³-hybridized carbons (Fsp3) is 0.364. The zero-order chi connectivity index (χ0) is 24.6. The lowest BCUT2D eigenvalue weighted by atomic mass is 10.1. The number of benzene rings is 1. The number of nitrogen functional groups attached to an aromatic ring is 1. The van der Waals surface area contributed by atoms with Crippen LogP contribution < -0.4 is 10.5 Å². The molecule has 1 fully saturated rings. The van der Waals surface area contributed by atoms with Crippen molar-refractivity contribution in [3.05, 3.63) is 58.2 Å². The average Bonchev–Trinajstić information content (AvgIpc) is 3.28. The van der Waals surface area contributed by atoms with E-state index < -0.39 is 18.9 Å². The molecule has 1 unspecified atom stereocenters. The van der Waals surface area contributed by atoms with E-state index in [1.54, 1.807) is 25.4 Å². The van der Waals surface area contributed by atoms with E-state index in [0.717, 1.165) is 11.1 Å². The fourth-order valence-corrected chi connectivity index (χ4v) is 4.37. The highest BCUT2D eigenvalue weighted by atomic mass is 35.5. The molecule has 2 N–H and O–H groups in total. The van der Waals surface area contributed by atoms with Gasteiger partial charge in [0.1, 0.15) is 11.9 Å². The molecule has 164 valence electrons. The Morgan fingerprint density at radius 2 is 2.03 bits per heavy atom. The standard InChI is InChI=1S/C22H24Cl2FN5O/c1-13(20-17(23)3-4-18(25)21(20)24)31-19-9-14(10-27-22(19)26)15-11-28-30(12-15)16-5-7-29(2)8-6-16/h3-4,9-13,16H,5-8H2,1-2H3,(H2,26,27)/i2D3. The first-order valence-electron chi connectivity index (χ1n) is 11.4. The van der Waals surface area contributed by atoms with Crippen LogP contribution in [0.2, 0.25) is 10.0 Å². The van der Waals surface area contributed by atoms with Gasteiger partial charge in [0, 0.05) is 38.2 Å². The molecule has 1 aromatic carbocycles. The van der Waals surface area contributed by atoms with Gasteiger partial charge in [0.15, 0.2) is 11.6 Å². The van der Waals surface area contributed by atoms with Gasteiger partial charge in [-0.25, -0.2) is 9.37 Å². The number of piperidine rings is 1. The quantitative estimate of drug-likeness (QED) is 0.511. The van der Waals surface area contributed by atoms with E-state index in [0.29, 0.717) is 37.2 Å². The third-order valence-electron chi connectivity index (χ3n) is 5.44. The topological polar surface area (TPSA) is 69.2 Å². The molecule has 2 aromatic heterocycles. The maximum Gasteiger partial charge on any atom is 0.166 e. The van der Waals surface area contributed by atoms with Gasteiger partial charge in [-0.05, 0) is 58.0 Å². The summed E-state index contributed by atoms with van der Waals surface area (Å²) in [4.78, 5) is 5.74. The normalized spacial score (nSPS) is 18.3. The van der Waals surface area contributed by atoms with Crippen LogP contribution in [0, 0.1) is 5.82 Å². The molecule has 0 saturated carbocycles. The van der Waals surface area contributed by atoms with Crippen molar-refractivity contribution in [2.24, 2.45) is 0 Å². The SMILES string of the molecule is [2H]C([2H])([2H])N1CCC(n2cc(-c3cnc(N)c(OC(C)c4c(Cl)ccc(F)c4Cl)c3)cn2)CC1. The number of anilines is 1. The predicted octanol–water partition coefficient (Wildman–Crippen LogP) is 5.38. The molecular weight excluding hydrogens is 440 g/mol. The highest BCUT2D eigenvalue weighted by Crippen LogP contribution is 2.37. The maximum atomic E-state index is 13.9. The van der Waals surface area contributed by atoms with Gasteiger partial charge in [-0.3, -0.25) is 4.68 Å². The summed E-state index contributed by atoms with van der Waals surface area (Å²) in [6.07, 6.45) is 5.95. The first-order chi connectivity index (χ1) is 16.0. The molecule has 0 amide bonds. The Hall–Kier alpha value is -2.35. The van der Waals surface area contributed by atoms with E-state index in [4.69, 9.17) is 37.8 Å². The number of hydrogen-bond acceptors (Lipinski definition) is 5. The molecule has 4 rings (SSSR count). The molecule has 1 aliphatic rings. The summed E-state index contributed by atoms with van der Waals surface area (Å²) in [5.74, 6) is -0.114. The van der Waals surface area contributed by atoms with Crippen LogP contribution in [-0.4, -0.2) is 39.7 Å². The molecule has 1 saturated heterocycles. The Labute approximate surface area is 194 Å². The summed E-state index contributed by atoms with van der Waals surface area (Å²) < 4.78 is 44.4. The van der Waals surface area contributed by atoms with Crippen LogP contribution in [0.5, 0.6) is 5.75 Å². The Morgan fingerprint density at radius 3 is 2.77 bits per heavy atom. The summed E-state index contributed by atoms with van der Waals surface area (Å²) in [5, 5.41) is 4.66. The van der Waals surface area contributed by atoms with Crippen molar-refractivity contribution in [1.29, 1.82) is 0 Å². The molecule has 0 bridgehead atoms. The van der Waals surface area contributed by atoms with Crippen molar-refractivity contribution >= 4 is 29.0 Å². The second kappa shape index (κ2) is 9.02. The first-order valence-corrected chi connectivity index (χ1v) is 10.7. The highest BCUT2D eigenvalue weighted by Gasteiger charge is 2.21. The van der Waals surface area contributed by atoms with Crippen molar-refractivity contribution in [3.63, 3.8) is 0 Å². The van der Waals surface area contributed by atoms with Crippen molar-refractivity contribution < 1.29 is 13.2 Å².